The fourth-order valence-electron chi connectivity index (χ4n) is 2.78. The highest BCUT2D eigenvalue weighted by Gasteiger charge is 2.28. The van der Waals surface area contributed by atoms with Crippen molar-refractivity contribution in [2.45, 2.75) is 78.0 Å². The molecule has 1 aliphatic rings. The maximum absolute atomic E-state index is 11.7. The van der Waals surface area contributed by atoms with E-state index in [1.165, 1.54) is 12.8 Å². The minimum absolute atomic E-state index is 0.170. The summed E-state index contributed by atoms with van der Waals surface area (Å²) in [5.41, 5.74) is 5.51. The summed E-state index contributed by atoms with van der Waals surface area (Å²) >= 11 is 0. The molecule has 0 aromatic rings. The molecule has 19 heavy (non-hydrogen) atoms. The van der Waals surface area contributed by atoms with Crippen LogP contribution in [0.5, 0.6) is 0 Å². The van der Waals surface area contributed by atoms with Crippen LogP contribution in [-0.2, 0) is 4.74 Å². The molecule has 1 amide bonds. The van der Waals surface area contributed by atoms with Gasteiger partial charge in [-0.05, 0) is 72.1 Å². The molecule has 0 spiro atoms. The Morgan fingerprint density at radius 3 is 2.05 bits per heavy atom. The van der Waals surface area contributed by atoms with Crippen LogP contribution in [0, 0.1) is 11.8 Å². The normalized spacial score (nSPS) is 27.5. The van der Waals surface area contributed by atoms with Crippen molar-refractivity contribution in [2.24, 2.45) is 17.6 Å². The molecule has 0 aromatic heterocycles. The quantitative estimate of drug-likeness (QED) is 0.828. The van der Waals surface area contributed by atoms with Crippen LogP contribution < -0.4 is 11.1 Å². The summed E-state index contributed by atoms with van der Waals surface area (Å²) in [4.78, 5) is 11.7. The molecule has 0 saturated heterocycles. The molecule has 1 fully saturated rings. The fourth-order valence-corrected chi connectivity index (χ4v) is 2.78. The number of nitrogens with two attached hydrogens (primary N) is 1. The van der Waals surface area contributed by atoms with Gasteiger partial charge in [0.2, 0.25) is 0 Å². The Bertz CT molecular complexity index is 289. The van der Waals surface area contributed by atoms with Crippen molar-refractivity contribution in [1.29, 1.82) is 0 Å². The lowest BCUT2D eigenvalue weighted by Gasteiger charge is -2.34. The molecule has 4 nitrogen and oxygen atoms in total. The van der Waals surface area contributed by atoms with Crippen LogP contribution in [0.15, 0.2) is 0 Å². The number of hydrogen-bond acceptors (Lipinski definition) is 3. The number of nitrogens with one attached hydrogen (secondary N) is 1. The number of alkyl carbamates (subject to hydrolysis) is 1. The van der Waals surface area contributed by atoms with Gasteiger partial charge in [-0.3, -0.25) is 0 Å². The molecular formula is C15H30N2O2. The predicted octanol–water partition coefficient (Wildman–Crippen LogP) is 3.05. The van der Waals surface area contributed by atoms with Gasteiger partial charge in [-0.1, -0.05) is 0 Å². The molecule has 0 aromatic carbocycles. The van der Waals surface area contributed by atoms with E-state index in [1.807, 2.05) is 20.8 Å². The van der Waals surface area contributed by atoms with E-state index in [-0.39, 0.29) is 18.2 Å². The maximum Gasteiger partial charge on any atom is 0.407 e. The monoisotopic (exact) mass is 270 g/mol. The summed E-state index contributed by atoms with van der Waals surface area (Å²) in [5.74, 6) is 1.19. The molecule has 2 atom stereocenters. The molecule has 0 aliphatic heterocycles. The number of amides is 1. The molecule has 1 saturated carbocycles. The Morgan fingerprint density at radius 1 is 1.16 bits per heavy atom. The molecule has 1 rings (SSSR count). The summed E-state index contributed by atoms with van der Waals surface area (Å²) in [6.07, 6.45) is 4.31. The first-order valence-corrected chi connectivity index (χ1v) is 7.44. The number of carbonyl (C=O) groups is 1. The zero-order valence-corrected chi connectivity index (χ0v) is 13.0. The Labute approximate surface area is 117 Å². The highest BCUT2D eigenvalue weighted by Crippen LogP contribution is 2.32. The molecule has 0 bridgehead atoms. The molecule has 1 unspecified atom stereocenters. The first-order chi connectivity index (χ1) is 8.69. The van der Waals surface area contributed by atoms with Gasteiger partial charge in [0.25, 0.3) is 0 Å². The predicted molar refractivity (Wildman–Crippen MR) is 77.9 cm³/mol. The van der Waals surface area contributed by atoms with E-state index in [1.54, 1.807) is 0 Å². The lowest BCUT2D eigenvalue weighted by molar-refractivity contribution is 0.0479. The van der Waals surface area contributed by atoms with E-state index < -0.39 is 5.60 Å². The van der Waals surface area contributed by atoms with Crippen molar-refractivity contribution in [3.05, 3.63) is 0 Å². The van der Waals surface area contributed by atoms with Gasteiger partial charge in [0, 0.05) is 12.1 Å². The van der Waals surface area contributed by atoms with Gasteiger partial charge in [-0.25, -0.2) is 4.79 Å². The summed E-state index contributed by atoms with van der Waals surface area (Å²) in [6, 6.07) is 0.457. The van der Waals surface area contributed by atoms with Crippen molar-refractivity contribution in [3.8, 4) is 0 Å². The second kappa shape index (κ2) is 6.60. The van der Waals surface area contributed by atoms with Gasteiger partial charge in [0.1, 0.15) is 5.60 Å². The molecule has 1 aliphatic carbocycles. The average molecular weight is 270 g/mol. The molecule has 112 valence electrons. The SMILES string of the molecule is CC(NC(=O)OC(C)(C)C)C1CCC([C@H](C)N)CC1. The van der Waals surface area contributed by atoms with E-state index in [4.69, 9.17) is 10.5 Å². The molecular weight excluding hydrogens is 240 g/mol. The van der Waals surface area contributed by atoms with Gasteiger partial charge in [-0.15, -0.1) is 0 Å². The van der Waals surface area contributed by atoms with Crippen LogP contribution in [0.2, 0.25) is 0 Å². The lowest BCUT2D eigenvalue weighted by atomic mass is 9.76. The second-order valence-electron chi connectivity index (χ2n) is 6.97. The lowest BCUT2D eigenvalue weighted by Crippen LogP contribution is -2.43. The maximum atomic E-state index is 11.7. The van der Waals surface area contributed by atoms with Crippen LogP contribution >= 0.6 is 0 Å². The minimum Gasteiger partial charge on any atom is -0.444 e. The van der Waals surface area contributed by atoms with Crippen LogP contribution in [-0.4, -0.2) is 23.8 Å². The smallest absolute Gasteiger partial charge is 0.407 e. The average Bonchev–Trinajstić information content (AvgIpc) is 2.26. The van der Waals surface area contributed by atoms with Crippen molar-refractivity contribution < 1.29 is 9.53 Å². The van der Waals surface area contributed by atoms with Gasteiger partial charge in [-0.2, -0.15) is 0 Å². The highest BCUT2D eigenvalue weighted by molar-refractivity contribution is 5.68. The first-order valence-electron chi connectivity index (χ1n) is 7.44. The number of hydrogen-bond donors (Lipinski definition) is 2. The van der Waals surface area contributed by atoms with Crippen LogP contribution in [0.1, 0.15) is 60.3 Å². The largest absolute Gasteiger partial charge is 0.444 e. The van der Waals surface area contributed by atoms with Gasteiger partial charge in [0.15, 0.2) is 0 Å². The first kappa shape index (κ1) is 16.3. The third-order valence-electron chi connectivity index (χ3n) is 4.01. The number of ether oxygens (including phenoxy) is 1. The van der Waals surface area contributed by atoms with Gasteiger partial charge in [0.05, 0.1) is 0 Å². The summed E-state index contributed by atoms with van der Waals surface area (Å²) in [7, 11) is 0. The Kier molecular flexibility index (Phi) is 5.65. The highest BCUT2D eigenvalue weighted by atomic mass is 16.6. The zero-order valence-electron chi connectivity index (χ0n) is 13.0. The summed E-state index contributed by atoms with van der Waals surface area (Å²) in [5, 5.41) is 2.96. The molecule has 4 heteroatoms. The third-order valence-corrected chi connectivity index (χ3v) is 4.01. The van der Waals surface area contributed by atoms with E-state index >= 15 is 0 Å². The Hall–Kier alpha value is -0.770. The Balaban J connectivity index is 2.35. The van der Waals surface area contributed by atoms with Crippen molar-refractivity contribution >= 4 is 6.09 Å². The fraction of sp³-hybridized carbons (Fsp3) is 0.933. The minimum atomic E-state index is -0.434. The van der Waals surface area contributed by atoms with Gasteiger partial charge >= 0.3 is 6.09 Å². The third kappa shape index (κ3) is 5.81. The molecule has 0 heterocycles. The number of rotatable bonds is 3. The van der Waals surface area contributed by atoms with E-state index in [0.29, 0.717) is 11.8 Å². The molecule has 3 N–H and O–H groups in total. The summed E-state index contributed by atoms with van der Waals surface area (Å²) < 4.78 is 5.29. The topological polar surface area (TPSA) is 64.3 Å². The van der Waals surface area contributed by atoms with E-state index in [2.05, 4.69) is 19.2 Å². The zero-order chi connectivity index (χ0) is 14.6. The van der Waals surface area contributed by atoms with Crippen molar-refractivity contribution in [1.82, 2.24) is 5.32 Å². The van der Waals surface area contributed by atoms with Crippen molar-refractivity contribution in [2.75, 3.05) is 0 Å². The summed E-state index contributed by atoms with van der Waals surface area (Å²) in [6.45, 7) is 9.80. The van der Waals surface area contributed by atoms with Crippen molar-refractivity contribution in [3.63, 3.8) is 0 Å². The standard InChI is InChI=1S/C15H30N2O2/c1-10(16)12-6-8-13(9-7-12)11(2)17-14(18)19-15(3,4)5/h10-13H,6-9,16H2,1-5H3,(H,17,18)/t10-,11?,12?,13?/m0/s1. The van der Waals surface area contributed by atoms with Crippen LogP contribution in [0.3, 0.4) is 0 Å². The molecule has 0 radical (unpaired) electrons. The van der Waals surface area contributed by atoms with Crippen LogP contribution in [0.4, 0.5) is 4.79 Å². The second-order valence-corrected chi connectivity index (χ2v) is 6.97. The van der Waals surface area contributed by atoms with Crippen LogP contribution in [0.25, 0.3) is 0 Å². The van der Waals surface area contributed by atoms with E-state index in [0.717, 1.165) is 12.8 Å². The number of carbonyl (C=O) groups excluding carboxylic acids is 1. The Morgan fingerprint density at radius 2 is 1.63 bits per heavy atom. The van der Waals surface area contributed by atoms with Gasteiger partial charge < -0.3 is 15.8 Å². The van der Waals surface area contributed by atoms with E-state index in [9.17, 15) is 4.79 Å².